The van der Waals surface area contributed by atoms with E-state index >= 15 is 0 Å². The molecule has 0 amide bonds. The van der Waals surface area contributed by atoms with E-state index in [0.717, 1.165) is 47.7 Å². The van der Waals surface area contributed by atoms with Crippen LogP contribution in [0.3, 0.4) is 0 Å². The average molecular weight is 376 g/mol. The molecule has 0 spiro atoms. The molecule has 5 heteroatoms. The van der Waals surface area contributed by atoms with Crippen molar-refractivity contribution in [2.75, 3.05) is 31.6 Å². The number of likely N-dealkylation sites (tertiary alicyclic amines) is 1. The van der Waals surface area contributed by atoms with E-state index < -0.39 is 0 Å². The number of aromatic nitrogens is 2. The molecule has 1 fully saturated rings. The van der Waals surface area contributed by atoms with Crippen LogP contribution in [0.2, 0.25) is 0 Å². The summed E-state index contributed by atoms with van der Waals surface area (Å²) in [5, 5.41) is 18.7. The lowest BCUT2D eigenvalue weighted by Crippen LogP contribution is -2.49. The molecule has 0 unspecified atom stereocenters. The maximum atomic E-state index is 9.25. The van der Waals surface area contributed by atoms with Crippen molar-refractivity contribution < 1.29 is 0 Å². The average Bonchev–Trinajstić information content (AvgIpc) is 2.68. The van der Waals surface area contributed by atoms with E-state index in [9.17, 15) is 5.26 Å². The summed E-state index contributed by atoms with van der Waals surface area (Å²) < 4.78 is 0. The zero-order chi connectivity index (χ0) is 19.8. The lowest BCUT2D eigenvalue weighted by atomic mass is 9.91. The van der Waals surface area contributed by atoms with Gasteiger partial charge in [-0.2, -0.15) is 5.26 Å². The molecule has 146 valence electrons. The third-order valence-corrected chi connectivity index (χ3v) is 6.36. The molecule has 0 saturated carbocycles. The lowest BCUT2D eigenvalue weighted by Gasteiger charge is -2.41. The number of rotatable bonds is 2. The van der Waals surface area contributed by atoms with Crippen molar-refractivity contribution in [1.29, 1.82) is 5.26 Å². The molecule has 1 saturated heterocycles. The Kier molecular flexibility index (Phi) is 5.07. The van der Waals surface area contributed by atoms with Crippen LogP contribution in [0.15, 0.2) is 12.1 Å². The summed E-state index contributed by atoms with van der Waals surface area (Å²) in [5.74, 6) is 1.09. The van der Waals surface area contributed by atoms with E-state index in [0.29, 0.717) is 11.6 Å². The highest BCUT2D eigenvalue weighted by Gasteiger charge is 2.30. The topological polar surface area (TPSA) is 56.1 Å². The Morgan fingerprint density at radius 3 is 2.50 bits per heavy atom. The number of aryl methyl sites for hydroxylation is 2. The number of nitriles is 1. The predicted octanol–water partition coefficient (Wildman–Crippen LogP) is 3.79. The van der Waals surface area contributed by atoms with Gasteiger partial charge in [0.05, 0.1) is 17.3 Å². The second-order valence-electron chi connectivity index (χ2n) is 8.43. The third kappa shape index (κ3) is 3.27. The summed E-state index contributed by atoms with van der Waals surface area (Å²) in [5.41, 5.74) is 7.59. The van der Waals surface area contributed by atoms with Gasteiger partial charge in [0.1, 0.15) is 0 Å². The van der Waals surface area contributed by atoms with Gasteiger partial charge in [-0.25, -0.2) is 0 Å². The first kappa shape index (κ1) is 18.9. The normalized spacial score (nSPS) is 20.0. The van der Waals surface area contributed by atoms with Gasteiger partial charge in [-0.1, -0.05) is 0 Å². The monoisotopic (exact) mass is 375 g/mol. The van der Waals surface area contributed by atoms with Gasteiger partial charge in [-0.05, 0) is 88.9 Å². The number of piperidine rings is 1. The number of likely N-dealkylation sites (N-methyl/N-ethyl adjacent to an activating group) is 1. The second kappa shape index (κ2) is 7.52. The van der Waals surface area contributed by atoms with E-state index in [2.05, 4.69) is 43.7 Å². The molecular formula is C23H29N5. The molecule has 28 heavy (non-hydrogen) atoms. The Hall–Kier alpha value is -2.45. The highest BCUT2D eigenvalue weighted by atomic mass is 15.3. The van der Waals surface area contributed by atoms with Crippen molar-refractivity contribution in [3.8, 4) is 17.3 Å². The van der Waals surface area contributed by atoms with Crippen LogP contribution in [-0.2, 0) is 6.42 Å². The van der Waals surface area contributed by atoms with Gasteiger partial charge in [0.2, 0.25) is 0 Å². The SMILES string of the molecule is Cc1cc(C#N)cc(C)c1-c1nnc2c(c1C)CCCN2[C@H]1CCCN(C)C1. The smallest absolute Gasteiger partial charge is 0.155 e. The summed E-state index contributed by atoms with van der Waals surface area (Å²) in [7, 11) is 2.22. The van der Waals surface area contributed by atoms with E-state index in [1.165, 1.54) is 36.9 Å². The maximum absolute atomic E-state index is 9.25. The molecule has 0 bridgehead atoms. The molecule has 5 nitrogen and oxygen atoms in total. The van der Waals surface area contributed by atoms with Crippen molar-refractivity contribution in [3.63, 3.8) is 0 Å². The molecule has 3 heterocycles. The zero-order valence-electron chi connectivity index (χ0n) is 17.4. The van der Waals surface area contributed by atoms with Crippen molar-refractivity contribution >= 4 is 5.82 Å². The van der Waals surface area contributed by atoms with Crippen LogP contribution in [0.5, 0.6) is 0 Å². The van der Waals surface area contributed by atoms with Gasteiger partial charge >= 0.3 is 0 Å². The third-order valence-electron chi connectivity index (χ3n) is 6.36. The molecule has 4 rings (SSSR count). The van der Waals surface area contributed by atoms with Gasteiger partial charge in [-0.3, -0.25) is 0 Å². The molecule has 0 aliphatic carbocycles. The summed E-state index contributed by atoms with van der Waals surface area (Å²) in [6.07, 6.45) is 4.73. The highest BCUT2D eigenvalue weighted by molar-refractivity contribution is 5.74. The molecule has 1 aromatic heterocycles. The highest BCUT2D eigenvalue weighted by Crippen LogP contribution is 2.36. The first-order chi connectivity index (χ1) is 13.5. The molecule has 1 aromatic carbocycles. The quantitative estimate of drug-likeness (QED) is 0.799. The van der Waals surface area contributed by atoms with E-state index in [1.54, 1.807) is 0 Å². The summed E-state index contributed by atoms with van der Waals surface area (Å²) in [6.45, 7) is 9.69. The Bertz CT molecular complexity index is 920. The fraction of sp³-hybridized carbons (Fsp3) is 0.522. The predicted molar refractivity (Wildman–Crippen MR) is 113 cm³/mol. The van der Waals surface area contributed by atoms with Crippen LogP contribution in [-0.4, -0.2) is 47.8 Å². The van der Waals surface area contributed by atoms with Gasteiger partial charge in [0.15, 0.2) is 5.82 Å². The van der Waals surface area contributed by atoms with Crippen LogP contribution < -0.4 is 4.90 Å². The van der Waals surface area contributed by atoms with Crippen LogP contribution >= 0.6 is 0 Å². The first-order valence-corrected chi connectivity index (χ1v) is 10.3. The Labute approximate surface area is 168 Å². The van der Waals surface area contributed by atoms with Crippen molar-refractivity contribution in [2.24, 2.45) is 0 Å². The minimum atomic E-state index is 0.538. The van der Waals surface area contributed by atoms with Gasteiger partial charge in [-0.15, -0.1) is 10.2 Å². The molecule has 1 atom stereocenters. The summed E-state index contributed by atoms with van der Waals surface area (Å²) >= 11 is 0. The molecule has 0 radical (unpaired) electrons. The maximum Gasteiger partial charge on any atom is 0.155 e. The van der Waals surface area contributed by atoms with Crippen LogP contribution in [0.25, 0.3) is 11.3 Å². The number of fused-ring (bicyclic) bond motifs is 1. The molecular weight excluding hydrogens is 346 g/mol. The minimum absolute atomic E-state index is 0.538. The van der Waals surface area contributed by atoms with Crippen LogP contribution in [0, 0.1) is 32.1 Å². The number of benzene rings is 1. The molecule has 2 aliphatic rings. The second-order valence-corrected chi connectivity index (χ2v) is 8.43. The van der Waals surface area contributed by atoms with Gasteiger partial charge in [0.25, 0.3) is 0 Å². The number of anilines is 1. The fourth-order valence-corrected chi connectivity index (χ4v) is 4.99. The van der Waals surface area contributed by atoms with Crippen LogP contribution in [0.4, 0.5) is 5.82 Å². The summed E-state index contributed by atoms with van der Waals surface area (Å²) in [6, 6.07) is 6.69. The van der Waals surface area contributed by atoms with Gasteiger partial charge in [0, 0.05) is 30.3 Å². The Morgan fingerprint density at radius 2 is 1.82 bits per heavy atom. The Balaban J connectivity index is 1.76. The van der Waals surface area contributed by atoms with Crippen LogP contribution in [0.1, 0.15) is 47.1 Å². The number of hydrogen-bond donors (Lipinski definition) is 0. The lowest BCUT2D eigenvalue weighted by molar-refractivity contribution is 0.242. The first-order valence-electron chi connectivity index (χ1n) is 10.3. The van der Waals surface area contributed by atoms with E-state index in [1.807, 2.05) is 12.1 Å². The van der Waals surface area contributed by atoms with Gasteiger partial charge < -0.3 is 9.80 Å². The molecule has 2 aromatic rings. The van der Waals surface area contributed by atoms with E-state index in [4.69, 9.17) is 10.2 Å². The minimum Gasteiger partial charge on any atom is -0.351 e. The molecule has 2 aliphatic heterocycles. The standard InChI is InChI=1S/C23H29N5/c1-15-11-18(13-24)12-16(2)21(15)22-17(3)20-8-6-10-28(23(20)26-25-22)19-7-5-9-27(4)14-19/h11-12,19H,5-10,14H2,1-4H3/t19-/m0/s1. The fourth-order valence-electron chi connectivity index (χ4n) is 4.99. The largest absolute Gasteiger partial charge is 0.351 e. The van der Waals surface area contributed by atoms with Crippen molar-refractivity contribution in [1.82, 2.24) is 15.1 Å². The Morgan fingerprint density at radius 1 is 1.07 bits per heavy atom. The zero-order valence-corrected chi connectivity index (χ0v) is 17.4. The number of nitrogens with zero attached hydrogens (tertiary/aromatic N) is 5. The van der Waals surface area contributed by atoms with Crippen molar-refractivity contribution in [2.45, 2.75) is 52.5 Å². The van der Waals surface area contributed by atoms with Crippen molar-refractivity contribution in [3.05, 3.63) is 39.9 Å². The summed E-state index contributed by atoms with van der Waals surface area (Å²) in [4.78, 5) is 4.94. The van der Waals surface area contributed by atoms with E-state index in [-0.39, 0.29) is 0 Å². The number of hydrogen-bond acceptors (Lipinski definition) is 5. The molecule has 0 N–H and O–H groups in total.